The van der Waals surface area contributed by atoms with Crippen LogP contribution < -0.4 is 0 Å². The average molecular weight is 154 g/mol. The molecule has 11 heavy (non-hydrogen) atoms. The summed E-state index contributed by atoms with van der Waals surface area (Å²) in [7, 11) is 0. The van der Waals surface area contributed by atoms with Crippen LogP contribution in [0.3, 0.4) is 0 Å². The Bertz CT molecular complexity index is 150. The van der Waals surface area contributed by atoms with Crippen LogP contribution in [0.5, 0.6) is 0 Å². The third kappa shape index (κ3) is 1.73. The summed E-state index contributed by atoms with van der Waals surface area (Å²) in [6, 6.07) is 1.23. The molecule has 0 bridgehead atoms. The van der Waals surface area contributed by atoms with Crippen LogP contribution in [0.15, 0.2) is 4.99 Å². The SMILES string of the molecule is CC(C)C1CN=CN1C(C)C. The normalized spacial score (nSPS) is 24.2. The predicted octanol–water partition coefficient (Wildman–Crippen LogP) is 1.76. The Balaban J connectivity index is 2.56. The van der Waals surface area contributed by atoms with Gasteiger partial charge in [-0.25, -0.2) is 0 Å². The topological polar surface area (TPSA) is 15.6 Å². The van der Waals surface area contributed by atoms with Gasteiger partial charge in [0.2, 0.25) is 0 Å². The van der Waals surface area contributed by atoms with Gasteiger partial charge in [0.15, 0.2) is 0 Å². The molecular weight excluding hydrogens is 136 g/mol. The molecule has 1 heterocycles. The largest absolute Gasteiger partial charge is 0.355 e. The van der Waals surface area contributed by atoms with E-state index in [-0.39, 0.29) is 0 Å². The van der Waals surface area contributed by atoms with Crippen LogP contribution in [0.4, 0.5) is 0 Å². The minimum Gasteiger partial charge on any atom is -0.355 e. The first kappa shape index (κ1) is 8.57. The Kier molecular flexibility index (Phi) is 2.53. The molecule has 0 aliphatic carbocycles. The Morgan fingerprint density at radius 1 is 1.36 bits per heavy atom. The van der Waals surface area contributed by atoms with E-state index in [1.54, 1.807) is 0 Å². The van der Waals surface area contributed by atoms with Crippen molar-refractivity contribution in [2.75, 3.05) is 6.54 Å². The molecule has 0 spiro atoms. The summed E-state index contributed by atoms with van der Waals surface area (Å²) in [4.78, 5) is 6.64. The number of hydrogen-bond acceptors (Lipinski definition) is 2. The molecular formula is C9H18N2. The molecule has 1 aliphatic heterocycles. The first-order valence-electron chi connectivity index (χ1n) is 4.40. The van der Waals surface area contributed by atoms with Crippen LogP contribution in [0.2, 0.25) is 0 Å². The summed E-state index contributed by atoms with van der Waals surface area (Å²) in [6.07, 6.45) is 2.00. The minimum atomic E-state index is 0.591. The molecule has 0 N–H and O–H groups in total. The summed E-state index contributed by atoms with van der Waals surface area (Å²) in [6.45, 7) is 9.93. The standard InChI is InChI=1S/C9H18N2/c1-7(2)9-5-10-6-11(9)8(3)4/h6-9H,5H2,1-4H3. The van der Waals surface area contributed by atoms with Crippen molar-refractivity contribution in [3.8, 4) is 0 Å². The lowest BCUT2D eigenvalue weighted by molar-refractivity contribution is 0.241. The maximum atomic E-state index is 4.29. The summed E-state index contributed by atoms with van der Waals surface area (Å²) in [5, 5.41) is 0. The first-order chi connectivity index (χ1) is 5.13. The van der Waals surface area contributed by atoms with Gasteiger partial charge in [0.1, 0.15) is 0 Å². The molecule has 0 saturated heterocycles. The molecule has 0 radical (unpaired) electrons. The molecule has 0 saturated carbocycles. The highest BCUT2D eigenvalue weighted by Gasteiger charge is 2.24. The molecule has 0 fully saturated rings. The highest BCUT2D eigenvalue weighted by atomic mass is 15.3. The van der Waals surface area contributed by atoms with Gasteiger partial charge in [0.05, 0.1) is 18.9 Å². The second kappa shape index (κ2) is 3.24. The molecule has 1 rings (SSSR count). The Labute approximate surface area is 69.3 Å². The van der Waals surface area contributed by atoms with E-state index in [0.29, 0.717) is 18.0 Å². The van der Waals surface area contributed by atoms with Crippen molar-refractivity contribution in [1.82, 2.24) is 4.90 Å². The lowest BCUT2D eigenvalue weighted by Crippen LogP contribution is -2.40. The van der Waals surface area contributed by atoms with Gasteiger partial charge in [-0.15, -0.1) is 0 Å². The third-order valence-corrected chi connectivity index (χ3v) is 2.26. The van der Waals surface area contributed by atoms with E-state index < -0.39 is 0 Å². The molecule has 0 amide bonds. The van der Waals surface area contributed by atoms with Gasteiger partial charge in [-0.05, 0) is 19.8 Å². The van der Waals surface area contributed by atoms with Crippen molar-refractivity contribution >= 4 is 6.34 Å². The minimum absolute atomic E-state index is 0.591. The van der Waals surface area contributed by atoms with Crippen LogP contribution in [0.1, 0.15) is 27.7 Å². The van der Waals surface area contributed by atoms with Crippen LogP contribution in [0, 0.1) is 5.92 Å². The second-order valence-corrected chi connectivity index (χ2v) is 3.83. The fraction of sp³-hybridized carbons (Fsp3) is 0.889. The molecule has 0 aromatic rings. The van der Waals surface area contributed by atoms with Crippen LogP contribution in [0.25, 0.3) is 0 Å². The van der Waals surface area contributed by atoms with Gasteiger partial charge in [0.25, 0.3) is 0 Å². The second-order valence-electron chi connectivity index (χ2n) is 3.83. The van der Waals surface area contributed by atoms with E-state index in [1.165, 1.54) is 0 Å². The lowest BCUT2D eigenvalue weighted by atomic mass is 10.0. The van der Waals surface area contributed by atoms with Gasteiger partial charge in [-0.1, -0.05) is 13.8 Å². The van der Waals surface area contributed by atoms with E-state index in [1.807, 2.05) is 6.34 Å². The summed E-state index contributed by atoms with van der Waals surface area (Å²) >= 11 is 0. The summed E-state index contributed by atoms with van der Waals surface area (Å²) < 4.78 is 0. The molecule has 0 aromatic heterocycles. The fourth-order valence-electron chi connectivity index (χ4n) is 1.50. The van der Waals surface area contributed by atoms with Crippen molar-refractivity contribution in [3.05, 3.63) is 0 Å². The van der Waals surface area contributed by atoms with Crippen molar-refractivity contribution in [2.24, 2.45) is 10.9 Å². The van der Waals surface area contributed by atoms with Gasteiger partial charge in [0, 0.05) is 6.04 Å². The number of hydrogen-bond donors (Lipinski definition) is 0. The maximum absolute atomic E-state index is 4.29. The highest BCUT2D eigenvalue weighted by Crippen LogP contribution is 2.16. The predicted molar refractivity (Wildman–Crippen MR) is 49.0 cm³/mol. The molecule has 2 nitrogen and oxygen atoms in total. The van der Waals surface area contributed by atoms with Crippen molar-refractivity contribution in [2.45, 2.75) is 39.8 Å². The highest BCUT2D eigenvalue weighted by molar-refractivity contribution is 5.58. The van der Waals surface area contributed by atoms with Crippen molar-refractivity contribution in [1.29, 1.82) is 0 Å². The molecule has 1 atom stereocenters. The summed E-state index contributed by atoms with van der Waals surface area (Å²) in [5.41, 5.74) is 0. The smallest absolute Gasteiger partial charge is 0.0856 e. The van der Waals surface area contributed by atoms with Gasteiger partial charge in [-0.3, -0.25) is 4.99 Å². The van der Waals surface area contributed by atoms with Crippen LogP contribution in [-0.4, -0.2) is 29.9 Å². The average Bonchev–Trinajstić information content (AvgIpc) is 2.32. The summed E-state index contributed by atoms with van der Waals surface area (Å²) in [5.74, 6) is 0.708. The van der Waals surface area contributed by atoms with E-state index in [4.69, 9.17) is 0 Å². The van der Waals surface area contributed by atoms with Crippen LogP contribution in [-0.2, 0) is 0 Å². The fourth-order valence-corrected chi connectivity index (χ4v) is 1.50. The van der Waals surface area contributed by atoms with E-state index >= 15 is 0 Å². The number of aliphatic imine (C=N–C) groups is 1. The van der Waals surface area contributed by atoms with E-state index in [0.717, 1.165) is 6.54 Å². The Morgan fingerprint density at radius 2 is 2.00 bits per heavy atom. The maximum Gasteiger partial charge on any atom is 0.0856 e. The lowest BCUT2D eigenvalue weighted by Gasteiger charge is -2.30. The van der Waals surface area contributed by atoms with Gasteiger partial charge in [-0.2, -0.15) is 0 Å². The zero-order chi connectivity index (χ0) is 8.43. The third-order valence-electron chi connectivity index (χ3n) is 2.26. The zero-order valence-electron chi connectivity index (χ0n) is 7.91. The first-order valence-corrected chi connectivity index (χ1v) is 4.40. The Morgan fingerprint density at radius 3 is 2.36 bits per heavy atom. The molecule has 1 unspecified atom stereocenters. The van der Waals surface area contributed by atoms with E-state index in [2.05, 4.69) is 37.6 Å². The number of rotatable bonds is 2. The zero-order valence-corrected chi connectivity index (χ0v) is 7.91. The van der Waals surface area contributed by atoms with Gasteiger partial charge < -0.3 is 4.90 Å². The molecule has 2 heteroatoms. The van der Waals surface area contributed by atoms with Crippen molar-refractivity contribution < 1.29 is 0 Å². The molecule has 1 aliphatic rings. The van der Waals surface area contributed by atoms with E-state index in [9.17, 15) is 0 Å². The molecule has 64 valence electrons. The Hall–Kier alpha value is -0.530. The monoisotopic (exact) mass is 154 g/mol. The molecule has 0 aromatic carbocycles. The number of nitrogens with zero attached hydrogens (tertiary/aromatic N) is 2. The van der Waals surface area contributed by atoms with Gasteiger partial charge >= 0.3 is 0 Å². The quantitative estimate of drug-likeness (QED) is 0.592. The van der Waals surface area contributed by atoms with Crippen LogP contribution >= 0.6 is 0 Å². The van der Waals surface area contributed by atoms with Crippen molar-refractivity contribution in [3.63, 3.8) is 0 Å².